The summed E-state index contributed by atoms with van der Waals surface area (Å²) in [6.45, 7) is 0.428. The van der Waals surface area contributed by atoms with Crippen LogP contribution in [0.3, 0.4) is 0 Å². The molecule has 1 aromatic carbocycles. The number of aromatic nitrogens is 6. The van der Waals surface area contributed by atoms with Crippen molar-refractivity contribution in [1.29, 1.82) is 0 Å². The number of aromatic amines is 1. The van der Waals surface area contributed by atoms with E-state index in [4.69, 9.17) is 0 Å². The van der Waals surface area contributed by atoms with Gasteiger partial charge in [-0.1, -0.05) is 6.07 Å². The summed E-state index contributed by atoms with van der Waals surface area (Å²) in [7, 11) is 0. The quantitative estimate of drug-likeness (QED) is 0.396. The summed E-state index contributed by atoms with van der Waals surface area (Å²) >= 11 is 0. The molecule has 9 heteroatoms. The van der Waals surface area contributed by atoms with E-state index >= 15 is 0 Å². The maximum absolute atomic E-state index is 12.4. The molecule has 0 aliphatic heterocycles. The van der Waals surface area contributed by atoms with Crippen LogP contribution < -0.4 is 10.6 Å². The van der Waals surface area contributed by atoms with Crippen molar-refractivity contribution in [2.45, 2.75) is 6.54 Å². The first-order valence-corrected chi connectivity index (χ1v) is 9.63. The molecule has 31 heavy (non-hydrogen) atoms. The molecule has 0 radical (unpaired) electrons. The molecule has 0 spiro atoms. The zero-order valence-corrected chi connectivity index (χ0v) is 16.4. The molecule has 152 valence electrons. The molecule has 0 aliphatic rings. The zero-order chi connectivity index (χ0) is 21.0. The van der Waals surface area contributed by atoms with E-state index in [9.17, 15) is 4.79 Å². The normalized spacial score (nSPS) is 10.8. The Balaban J connectivity index is 1.31. The molecule has 9 nitrogen and oxygen atoms in total. The van der Waals surface area contributed by atoms with Crippen molar-refractivity contribution in [1.82, 2.24) is 34.9 Å². The maximum atomic E-state index is 12.4. The highest BCUT2D eigenvalue weighted by Crippen LogP contribution is 2.24. The lowest BCUT2D eigenvalue weighted by Gasteiger charge is -2.10. The molecule has 3 N–H and O–H groups in total. The average Bonchev–Trinajstić information content (AvgIpc) is 3.52. The molecule has 0 unspecified atom stereocenters. The SMILES string of the molecule is O=C(NCc1cccnc1)c1ccc(Nc2ncc(-c3cn[nH]c3)n3ccnc23)cc1. The van der Waals surface area contributed by atoms with Crippen molar-refractivity contribution in [3.8, 4) is 11.3 Å². The average molecular weight is 410 g/mol. The van der Waals surface area contributed by atoms with E-state index in [-0.39, 0.29) is 5.91 Å². The first kappa shape index (κ1) is 18.5. The van der Waals surface area contributed by atoms with Gasteiger partial charge in [0.2, 0.25) is 0 Å². The Morgan fingerprint density at radius 1 is 1.03 bits per heavy atom. The maximum Gasteiger partial charge on any atom is 0.251 e. The molecule has 0 atom stereocenters. The Morgan fingerprint density at radius 3 is 2.71 bits per heavy atom. The number of nitrogens with one attached hydrogen (secondary N) is 3. The van der Waals surface area contributed by atoms with Gasteiger partial charge in [0, 0.05) is 54.3 Å². The smallest absolute Gasteiger partial charge is 0.251 e. The van der Waals surface area contributed by atoms with Crippen molar-refractivity contribution in [3.05, 3.63) is 90.9 Å². The molecule has 0 saturated heterocycles. The van der Waals surface area contributed by atoms with E-state index in [0.717, 1.165) is 22.5 Å². The third-order valence-corrected chi connectivity index (χ3v) is 4.81. The minimum Gasteiger partial charge on any atom is -0.348 e. The first-order chi connectivity index (χ1) is 15.3. The fraction of sp³-hybridized carbons (Fsp3) is 0.0455. The standard InChI is InChI=1S/C22H18N8O/c31-22(26-11-15-2-1-7-23-10-15)16-3-5-18(6-4-16)29-20-21-24-8-9-30(21)19(14-25-20)17-12-27-28-13-17/h1-10,12-14H,11H2,(H,25,29)(H,26,31)(H,27,28). The van der Waals surface area contributed by atoms with Gasteiger partial charge in [-0.15, -0.1) is 0 Å². The largest absolute Gasteiger partial charge is 0.348 e. The minimum absolute atomic E-state index is 0.145. The lowest BCUT2D eigenvalue weighted by Crippen LogP contribution is -2.22. The molecule has 1 amide bonds. The van der Waals surface area contributed by atoms with E-state index in [1.165, 1.54) is 0 Å². The highest BCUT2D eigenvalue weighted by atomic mass is 16.1. The molecule has 0 fully saturated rings. The Morgan fingerprint density at radius 2 is 1.94 bits per heavy atom. The van der Waals surface area contributed by atoms with Gasteiger partial charge in [-0.3, -0.25) is 19.3 Å². The van der Waals surface area contributed by atoms with Gasteiger partial charge in [-0.05, 0) is 35.9 Å². The lowest BCUT2D eigenvalue weighted by molar-refractivity contribution is 0.0951. The third kappa shape index (κ3) is 3.84. The number of carbonyl (C=O) groups excluding carboxylic acids is 1. The van der Waals surface area contributed by atoms with Crippen LogP contribution in [0, 0.1) is 0 Å². The number of hydrogen-bond donors (Lipinski definition) is 3. The van der Waals surface area contributed by atoms with Crippen LogP contribution in [0.4, 0.5) is 11.5 Å². The Bertz CT molecular complexity index is 1310. The van der Waals surface area contributed by atoms with Gasteiger partial charge in [-0.25, -0.2) is 9.97 Å². The fourth-order valence-electron chi connectivity index (χ4n) is 3.24. The number of nitrogens with zero attached hydrogens (tertiary/aromatic N) is 5. The number of hydrogen-bond acceptors (Lipinski definition) is 6. The van der Waals surface area contributed by atoms with Gasteiger partial charge in [0.05, 0.1) is 18.1 Å². The van der Waals surface area contributed by atoms with Gasteiger partial charge >= 0.3 is 0 Å². The minimum atomic E-state index is -0.145. The molecule has 0 aliphatic carbocycles. The zero-order valence-electron chi connectivity index (χ0n) is 16.4. The van der Waals surface area contributed by atoms with E-state index in [1.807, 2.05) is 41.1 Å². The predicted octanol–water partition coefficient (Wildman–Crippen LogP) is 3.19. The van der Waals surface area contributed by atoms with E-state index in [2.05, 4.69) is 35.8 Å². The van der Waals surface area contributed by atoms with Crippen molar-refractivity contribution >= 4 is 23.1 Å². The monoisotopic (exact) mass is 410 g/mol. The summed E-state index contributed by atoms with van der Waals surface area (Å²) in [5.41, 5.74) is 4.82. The van der Waals surface area contributed by atoms with Crippen LogP contribution in [-0.4, -0.2) is 35.5 Å². The van der Waals surface area contributed by atoms with Gasteiger partial charge in [0.15, 0.2) is 11.5 Å². The summed E-state index contributed by atoms with van der Waals surface area (Å²) in [6, 6.07) is 11.0. The first-order valence-electron chi connectivity index (χ1n) is 9.63. The third-order valence-electron chi connectivity index (χ3n) is 4.81. The number of amides is 1. The van der Waals surface area contributed by atoms with Crippen LogP contribution in [0.2, 0.25) is 0 Å². The molecule has 5 aromatic rings. The van der Waals surface area contributed by atoms with Crippen molar-refractivity contribution in [2.75, 3.05) is 5.32 Å². The number of H-pyrrole nitrogens is 1. The number of fused-ring (bicyclic) bond motifs is 1. The number of pyridine rings is 1. The van der Waals surface area contributed by atoms with Crippen LogP contribution in [0.25, 0.3) is 16.9 Å². The Kier molecular flexibility index (Phi) is 4.82. The number of imidazole rings is 1. The summed E-state index contributed by atoms with van der Waals surface area (Å²) in [4.78, 5) is 25.4. The van der Waals surface area contributed by atoms with E-state index in [0.29, 0.717) is 23.6 Å². The van der Waals surface area contributed by atoms with Crippen molar-refractivity contribution in [2.24, 2.45) is 0 Å². The van der Waals surface area contributed by atoms with Crippen molar-refractivity contribution < 1.29 is 4.79 Å². The second-order valence-corrected chi connectivity index (χ2v) is 6.85. The highest BCUT2D eigenvalue weighted by Gasteiger charge is 2.12. The number of benzene rings is 1. The number of carbonyl (C=O) groups is 1. The number of rotatable bonds is 6. The Hall–Kier alpha value is -4.53. The highest BCUT2D eigenvalue weighted by molar-refractivity contribution is 5.94. The van der Waals surface area contributed by atoms with Gasteiger partial charge in [0.1, 0.15) is 0 Å². The second kappa shape index (κ2) is 8.07. The van der Waals surface area contributed by atoms with E-state index < -0.39 is 0 Å². The molecule has 0 saturated carbocycles. The van der Waals surface area contributed by atoms with Crippen LogP contribution in [0.15, 0.2) is 79.8 Å². The van der Waals surface area contributed by atoms with E-state index in [1.54, 1.807) is 43.1 Å². The van der Waals surface area contributed by atoms with Crippen LogP contribution in [-0.2, 0) is 6.54 Å². The second-order valence-electron chi connectivity index (χ2n) is 6.85. The van der Waals surface area contributed by atoms with Gasteiger partial charge < -0.3 is 10.6 Å². The fourth-order valence-corrected chi connectivity index (χ4v) is 3.24. The molecule has 5 rings (SSSR count). The van der Waals surface area contributed by atoms with Crippen molar-refractivity contribution in [3.63, 3.8) is 0 Å². The van der Waals surface area contributed by atoms with Gasteiger partial charge in [-0.2, -0.15) is 5.10 Å². The summed E-state index contributed by atoms with van der Waals surface area (Å²) < 4.78 is 1.94. The van der Waals surface area contributed by atoms with Crippen LogP contribution >= 0.6 is 0 Å². The molecule has 4 aromatic heterocycles. The van der Waals surface area contributed by atoms with Crippen LogP contribution in [0.5, 0.6) is 0 Å². The van der Waals surface area contributed by atoms with Crippen LogP contribution in [0.1, 0.15) is 15.9 Å². The molecular weight excluding hydrogens is 392 g/mol. The summed E-state index contributed by atoms with van der Waals surface area (Å²) in [6.07, 6.45) is 12.3. The van der Waals surface area contributed by atoms with Gasteiger partial charge in [0.25, 0.3) is 5.91 Å². The molecule has 4 heterocycles. The topological polar surface area (TPSA) is 113 Å². The number of anilines is 2. The predicted molar refractivity (Wildman–Crippen MR) is 116 cm³/mol. The molecular formula is C22H18N8O. The lowest BCUT2D eigenvalue weighted by atomic mass is 10.2. The molecule has 0 bridgehead atoms. The summed E-state index contributed by atoms with van der Waals surface area (Å²) in [5, 5.41) is 13.0. The Labute approximate surface area is 177 Å². The summed E-state index contributed by atoms with van der Waals surface area (Å²) in [5.74, 6) is 0.472.